The Morgan fingerprint density at radius 2 is 1.96 bits per heavy atom. The SMILES string of the molecule is Cc1sc(NC(=O)c2cccc([N+](=O)[O-])c2C)nc1-c1cccc(Cl)c1. The van der Waals surface area contributed by atoms with Crippen LogP contribution in [-0.4, -0.2) is 15.8 Å². The predicted octanol–water partition coefficient (Wildman–Crippen LogP) is 5.24. The highest BCUT2D eigenvalue weighted by molar-refractivity contribution is 7.16. The Bertz CT molecular complexity index is 1020. The third-order valence-electron chi connectivity index (χ3n) is 3.86. The number of carbonyl (C=O) groups is 1. The fourth-order valence-electron chi connectivity index (χ4n) is 2.59. The number of halogens is 1. The number of carbonyl (C=O) groups excluding carboxylic acids is 1. The number of nitro groups is 1. The topological polar surface area (TPSA) is 85.1 Å². The highest BCUT2D eigenvalue weighted by Crippen LogP contribution is 2.32. The molecule has 0 spiro atoms. The molecular formula is C18H14ClN3O3S. The smallest absolute Gasteiger partial charge is 0.273 e. The normalized spacial score (nSPS) is 10.6. The second-order valence-corrected chi connectivity index (χ2v) is 7.23. The van der Waals surface area contributed by atoms with Gasteiger partial charge >= 0.3 is 0 Å². The molecule has 6 nitrogen and oxygen atoms in total. The first kappa shape index (κ1) is 18.0. The minimum atomic E-state index is -0.503. The maximum atomic E-state index is 12.5. The van der Waals surface area contributed by atoms with E-state index in [1.165, 1.54) is 23.5 Å². The minimum Gasteiger partial charge on any atom is -0.298 e. The predicted molar refractivity (Wildman–Crippen MR) is 103 cm³/mol. The highest BCUT2D eigenvalue weighted by Gasteiger charge is 2.19. The van der Waals surface area contributed by atoms with E-state index in [0.29, 0.717) is 15.7 Å². The van der Waals surface area contributed by atoms with Crippen molar-refractivity contribution < 1.29 is 9.72 Å². The Morgan fingerprint density at radius 1 is 1.23 bits per heavy atom. The number of hydrogen-bond donors (Lipinski definition) is 1. The maximum Gasteiger partial charge on any atom is 0.273 e. The molecule has 0 atom stereocenters. The molecule has 0 fully saturated rings. The summed E-state index contributed by atoms with van der Waals surface area (Å²) in [7, 11) is 0. The van der Waals surface area contributed by atoms with E-state index in [1.54, 1.807) is 25.1 Å². The molecule has 8 heteroatoms. The standard InChI is InChI=1S/C18H14ClN3O3S/c1-10-14(7-4-8-15(10)22(24)25)17(23)21-18-20-16(11(2)26-18)12-5-3-6-13(19)9-12/h3-9H,1-2H3,(H,20,21,23). The van der Waals surface area contributed by atoms with Crippen LogP contribution in [-0.2, 0) is 0 Å². The largest absolute Gasteiger partial charge is 0.298 e. The number of nitro benzene ring substituents is 1. The van der Waals surface area contributed by atoms with Crippen molar-refractivity contribution in [3.8, 4) is 11.3 Å². The fourth-order valence-corrected chi connectivity index (χ4v) is 3.61. The number of rotatable bonds is 4. The van der Waals surface area contributed by atoms with Gasteiger partial charge in [0.2, 0.25) is 0 Å². The van der Waals surface area contributed by atoms with Crippen LogP contribution in [0.5, 0.6) is 0 Å². The first-order valence-corrected chi connectivity index (χ1v) is 8.85. The number of amides is 1. The number of anilines is 1. The van der Waals surface area contributed by atoms with Crippen molar-refractivity contribution in [2.75, 3.05) is 5.32 Å². The Kier molecular flexibility index (Phi) is 5.01. The van der Waals surface area contributed by atoms with Gasteiger partial charge in [0.1, 0.15) is 0 Å². The zero-order valence-corrected chi connectivity index (χ0v) is 15.5. The van der Waals surface area contributed by atoms with Gasteiger partial charge < -0.3 is 0 Å². The van der Waals surface area contributed by atoms with Crippen molar-refractivity contribution in [2.45, 2.75) is 13.8 Å². The van der Waals surface area contributed by atoms with Gasteiger partial charge in [-0.3, -0.25) is 20.2 Å². The van der Waals surface area contributed by atoms with Gasteiger partial charge in [0.05, 0.1) is 10.6 Å². The number of aromatic nitrogens is 1. The van der Waals surface area contributed by atoms with E-state index in [4.69, 9.17) is 11.6 Å². The first-order valence-electron chi connectivity index (χ1n) is 7.65. The lowest BCUT2D eigenvalue weighted by Gasteiger charge is -2.05. The summed E-state index contributed by atoms with van der Waals surface area (Å²) in [6.45, 7) is 3.46. The molecular weight excluding hydrogens is 374 g/mol. The molecule has 0 aliphatic carbocycles. The van der Waals surface area contributed by atoms with E-state index < -0.39 is 10.8 Å². The van der Waals surface area contributed by atoms with Crippen molar-refractivity contribution in [3.05, 3.63) is 73.6 Å². The molecule has 1 amide bonds. The number of nitrogens with one attached hydrogen (secondary N) is 1. The summed E-state index contributed by atoms with van der Waals surface area (Å²) in [5, 5.41) is 14.8. The summed E-state index contributed by atoms with van der Waals surface area (Å²) >= 11 is 7.36. The van der Waals surface area contributed by atoms with Crippen LogP contribution in [0.4, 0.5) is 10.8 Å². The van der Waals surface area contributed by atoms with Crippen molar-refractivity contribution in [1.29, 1.82) is 0 Å². The van der Waals surface area contributed by atoms with E-state index in [1.807, 2.05) is 19.1 Å². The summed E-state index contributed by atoms with van der Waals surface area (Å²) in [5.74, 6) is -0.433. The van der Waals surface area contributed by atoms with Crippen molar-refractivity contribution in [3.63, 3.8) is 0 Å². The lowest BCUT2D eigenvalue weighted by atomic mass is 10.1. The number of nitrogens with zero attached hydrogens (tertiary/aromatic N) is 2. The Balaban J connectivity index is 1.89. The third-order valence-corrected chi connectivity index (χ3v) is 4.98. The van der Waals surface area contributed by atoms with Crippen LogP contribution in [0.15, 0.2) is 42.5 Å². The number of aryl methyl sites for hydroxylation is 1. The molecule has 2 aromatic carbocycles. The second-order valence-electron chi connectivity index (χ2n) is 5.60. The lowest BCUT2D eigenvalue weighted by molar-refractivity contribution is -0.385. The summed E-state index contributed by atoms with van der Waals surface area (Å²) in [6, 6.07) is 11.7. The molecule has 1 aromatic heterocycles. The molecule has 3 aromatic rings. The minimum absolute atomic E-state index is 0.0902. The van der Waals surface area contributed by atoms with Crippen LogP contribution in [0.25, 0.3) is 11.3 Å². The van der Waals surface area contributed by atoms with Crippen LogP contribution in [0.2, 0.25) is 5.02 Å². The van der Waals surface area contributed by atoms with Gasteiger partial charge in [-0.15, -0.1) is 11.3 Å². The quantitative estimate of drug-likeness (QED) is 0.490. The zero-order chi connectivity index (χ0) is 18.8. The molecule has 0 saturated heterocycles. The molecule has 0 aliphatic rings. The average molecular weight is 388 g/mol. The first-order chi connectivity index (χ1) is 12.4. The van der Waals surface area contributed by atoms with E-state index in [9.17, 15) is 14.9 Å². The number of hydrogen-bond acceptors (Lipinski definition) is 5. The molecule has 0 radical (unpaired) electrons. The monoisotopic (exact) mass is 387 g/mol. The summed E-state index contributed by atoms with van der Waals surface area (Å²) < 4.78 is 0. The van der Waals surface area contributed by atoms with E-state index in [-0.39, 0.29) is 11.3 Å². The van der Waals surface area contributed by atoms with Gasteiger partial charge in [-0.1, -0.05) is 29.8 Å². The molecule has 0 bridgehead atoms. The third kappa shape index (κ3) is 3.58. The van der Waals surface area contributed by atoms with Gasteiger partial charge in [-0.25, -0.2) is 4.98 Å². The van der Waals surface area contributed by atoms with Crippen LogP contribution < -0.4 is 5.32 Å². The fraction of sp³-hybridized carbons (Fsp3) is 0.111. The molecule has 0 aliphatic heterocycles. The van der Waals surface area contributed by atoms with Crippen molar-refractivity contribution in [2.24, 2.45) is 0 Å². The molecule has 26 heavy (non-hydrogen) atoms. The lowest BCUT2D eigenvalue weighted by Crippen LogP contribution is -2.14. The maximum absolute atomic E-state index is 12.5. The summed E-state index contributed by atoms with van der Waals surface area (Å²) in [5.41, 5.74) is 2.07. The molecule has 0 unspecified atom stereocenters. The van der Waals surface area contributed by atoms with Crippen LogP contribution >= 0.6 is 22.9 Å². The van der Waals surface area contributed by atoms with Crippen LogP contribution in [0, 0.1) is 24.0 Å². The number of thiazole rings is 1. The van der Waals surface area contributed by atoms with E-state index >= 15 is 0 Å². The van der Waals surface area contributed by atoms with Crippen LogP contribution in [0.1, 0.15) is 20.8 Å². The van der Waals surface area contributed by atoms with Gasteiger partial charge in [0.15, 0.2) is 5.13 Å². The number of benzene rings is 2. The average Bonchev–Trinajstić information content (AvgIpc) is 2.95. The van der Waals surface area contributed by atoms with Crippen molar-refractivity contribution >= 4 is 39.7 Å². The molecule has 1 heterocycles. The molecule has 1 N–H and O–H groups in total. The van der Waals surface area contributed by atoms with E-state index in [2.05, 4.69) is 10.3 Å². The zero-order valence-electron chi connectivity index (χ0n) is 13.9. The Morgan fingerprint density at radius 3 is 2.65 bits per heavy atom. The van der Waals surface area contributed by atoms with Crippen molar-refractivity contribution in [1.82, 2.24) is 4.98 Å². The Hall–Kier alpha value is -2.77. The summed E-state index contributed by atoms with van der Waals surface area (Å²) in [6.07, 6.45) is 0. The van der Waals surface area contributed by atoms with Gasteiger partial charge in [0.25, 0.3) is 11.6 Å². The van der Waals surface area contributed by atoms with Gasteiger partial charge in [-0.05, 0) is 32.0 Å². The van der Waals surface area contributed by atoms with E-state index in [0.717, 1.165) is 16.1 Å². The highest BCUT2D eigenvalue weighted by atomic mass is 35.5. The van der Waals surface area contributed by atoms with Gasteiger partial charge in [-0.2, -0.15) is 0 Å². The molecule has 132 valence electrons. The molecule has 3 rings (SSSR count). The van der Waals surface area contributed by atoms with Gasteiger partial charge in [0, 0.05) is 32.7 Å². The Labute approximate surface area is 158 Å². The van der Waals surface area contributed by atoms with Crippen LogP contribution in [0.3, 0.4) is 0 Å². The molecule has 0 saturated carbocycles. The summed E-state index contributed by atoms with van der Waals surface area (Å²) in [4.78, 5) is 28.5. The second kappa shape index (κ2) is 7.23.